The van der Waals surface area contributed by atoms with Gasteiger partial charge in [-0.2, -0.15) is 0 Å². The van der Waals surface area contributed by atoms with E-state index in [1.165, 1.54) is 6.92 Å². The molecule has 0 aliphatic carbocycles. The molecule has 1 aliphatic rings. The highest BCUT2D eigenvalue weighted by Crippen LogP contribution is 2.28. The van der Waals surface area contributed by atoms with Crippen molar-refractivity contribution in [2.75, 3.05) is 11.1 Å². The van der Waals surface area contributed by atoms with Gasteiger partial charge in [0.2, 0.25) is 0 Å². The number of hydrogen-bond donors (Lipinski definition) is 3. The van der Waals surface area contributed by atoms with Gasteiger partial charge in [0, 0.05) is 11.4 Å². The Kier molecular flexibility index (Phi) is 4.26. The molecule has 1 unspecified atom stereocenters. The lowest BCUT2D eigenvalue weighted by atomic mass is 9.95. The lowest BCUT2D eigenvalue weighted by Crippen LogP contribution is -2.37. The zero-order valence-electron chi connectivity index (χ0n) is 14.1. The van der Waals surface area contributed by atoms with Crippen molar-refractivity contribution in [3.05, 3.63) is 59.9 Å². The van der Waals surface area contributed by atoms with Gasteiger partial charge in [0.1, 0.15) is 11.9 Å². The third kappa shape index (κ3) is 3.11. The summed E-state index contributed by atoms with van der Waals surface area (Å²) < 4.78 is 0. The molecular weight excluding hydrogens is 348 g/mol. The van der Waals surface area contributed by atoms with E-state index in [1.54, 1.807) is 42.1 Å². The van der Waals surface area contributed by atoms with Crippen LogP contribution in [0, 0.1) is 0 Å². The number of carbonyl (C=O) groups excluding carboxylic acids is 1. The predicted molar refractivity (Wildman–Crippen MR) is 104 cm³/mol. The highest BCUT2D eigenvalue weighted by atomic mass is 32.2. The van der Waals surface area contributed by atoms with E-state index in [2.05, 4.69) is 20.3 Å². The molecular formula is C19H18N4O2S. The number of nitrogens with one attached hydrogen (secondary N) is 2. The number of aromatic amines is 1. The average Bonchev–Trinajstić information content (AvgIpc) is 3.31. The number of thioether (sulfide) groups is 1. The van der Waals surface area contributed by atoms with Crippen molar-refractivity contribution in [2.45, 2.75) is 18.6 Å². The molecule has 6 nitrogen and oxygen atoms in total. The fraction of sp³-hybridized carbons (Fsp3) is 0.211. The van der Waals surface area contributed by atoms with Gasteiger partial charge in [-0.3, -0.25) is 9.79 Å². The molecule has 2 heterocycles. The van der Waals surface area contributed by atoms with Crippen molar-refractivity contribution in [3.8, 4) is 0 Å². The molecule has 1 aliphatic heterocycles. The van der Waals surface area contributed by atoms with Gasteiger partial charge in [-0.25, -0.2) is 4.98 Å². The largest absolute Gasteiger partial charge is 0.376 e. The normalized spacial score (nSPS) is 18.8. The molecule has 0 saturated heterocycles. The van der Waals surface area contributed by atoms with E-state index in [0.29, 0.717) is 11.3 Å². The second-order valence-corrected chi connectivity index (χ2v) is 7.23. The van der Waals surface area contributed by atoms with Crippen molar-refractivity contribution < 1.29 is 9.90 Å². The quantitative estimate of drug-likeness (QED) is 0.661. The van der Waals surface area contributed by atoms with E-state index in [4.69, 9.17) is 0 Å². The van der Waals surface area contributed by atoms with Gasteiger partial charge in [-0.05, 0) is 30.7 Å². The van der Waals surface area contributed by atoms with Crippen LogP contribution in [0.25, 0.3) is 11.0 Å². The molecule has 3 N–H and O–H groups in total. The summed E-state index contributed by atoms with van der Waals surface area (Å²) in [6, 6.07) is 14.4. The standard InChI is InChI=1S/C19H18N4O2S/c1-19(25,12-5-3-2-4-6-12)18(24)21-13-7-8-14-15(9-13)23-17(22-14)16-10-26-11-20-16/h2-9,11,16,25H,10H2,1H3,(H,21,24)(H,22,23)/t16?,19-/m1/s1. The maximum atomic E-state index is 12.6. The molecule has 2 atom stereocenters. The summed E-state index contributed by atoms with van der Waals surface area (Å²) in [4.78, 5) is 24.8. The van der Waals surface area contributed by atoms with Crippen molar-refractivity contribution in [2.24, 2.45) is 4.99 Å². The number of nitrogens with zero attached hydrogens (tertiary/aromatic N) is 2. The maximum Gasteiger partial charge on any atom is 0.260 e. The second kappa shape index (κ2) is 6.59. The van der Waals surface area contributed by atoms with Crippen molar-refractivity contribution in [1.29, 1.82) is 0 Å². The second-order valence-electron chi connectivity index (χ2n) is 6.35. The number of H-pyrrole nitrogens is 1. The number of benzene rings is 2. The van der Waals surface area contributed by atoms with Gasteiger partial charge in [0.05, 0.1) is 16.6 Å². The fourth-order valence-corrected chi connectivity index (χ4v) is 3.60. The summed E-state index contributed by atoms with van der Waals surface area (Å²) >= 11 is 1.66. The first kappa shape index (κ1) is 16.8. The summed E-state index contributed by atoms with van der Waals surface area (Å²) in [5, 5.41) is 13.4. The first-order valence-electron chi connectivity index (χ1n) is 8.26. The maximum absolute atomic E-state index is 12.6. The third-order valence-corrected chi connectivity index (χ3v) is 5.20. The van der Waals surface area contributed by atoms with E-state index in [-0.39, 0.29) is 6.04 Å². The monoisotopic (exact) mass is 366 g/mol. The number of hydrogen-bond acceptors (Lipinski definition) is 5. The van der Waals surface area contributed by atoms with Crippen molar-refractivity contribution >= 4 is 39.9 Å². The van der Waals surface area contributed by atoms with Crippen LogP contribution in [0.2, 0.25) is 0 Å². The van der Waals surface area contributed by atoms with E-state index < -0.39 is 11.5 Å². The molecule has 2 aromatic carbocycles. The SMILES string of the molecule is C[C@](O)(C(=O)Nc1ccc2nc(C3CSC=N3)[nH]c2c1)c1ccccc1. The Morgan fingerprint density at radius 2 is 2.12 bits per heavy atom. The number of carbonyl (C=O) groups is 1. The molecule has 0 spiro atoms. The molecule has 0 saturated carbocycles. The third-order valence-electron chi connectivity index (χ3n) is 4.42. The van der Waals surface area contributed by atoms with Crippen LogP contribution in [0.1, 0.15) is 24.4 Å². The summed E-state index contributed by atoms with van der Waals surface area (Å²) in [6.07, 6.45) is 0. The number of imidazole rings is 1. The van der Waals surface area contributed by atoms with Gasteiger partial charge in [0.15, 0.2) is 5.60 Å². The minimum atomic E-state index is -1.62. The van der Waals surface area contributed by atoms with Gasteiger partial charge >= 0.3 is 0 Å². The van der Waals surface area contributed by atoms with E-state index in [1.807, 2.05) is 23.7 Å². The molecule has 0 radical (unpaired) electrons. The zero-order valence-corrected chi connectivity index (χ0v) is 15.0. The minimum absolute atomic E-state index is 0.0456. The van der Waals surface area contributed by atoms with Gasteiger partial charge in [-0.15, -0.1) is 11.8 Å². The smallest absolute Gasteiger partial charge is 0.260 e. The Morgan fingerprint density at radius 3 is 2.85 bits per heavy atom. The van der Waals surface area contributed by atoms with Crippen LogP contribution in [0.4, 0.5) is 5.69 Å². The molecule has 0 fully saturated rings. The van der Waals surface area contributed by atoms with E-state index >= 15 is 0 Å². The first-order valence-corrected chi connectivity index (χ1v) is 9.31. The Bertz CT molecular complexity index is 982. The lowest BCUT2D eigenvalue weighted by Gasteiger charge is -2.22. The highest BCUT2D eigenvalue weighted by Gasteiger charge is 2.32. The minimum Gasteiger partial charge on any atom is -0.376 e. The first-order chi connectivity index (χ1) is 12.5. The van der Waals surface area contributed by atoms with Crippen LogP contribution in [0.5, 0.6) is 0 Å². The topological polar surface area (TPSA) is 90.4 Å². The zero-order chi connectivity index (χ0) is 18.1. The van der Waals surface area contributed by atoms with Crippen molar-refractivity contribution in [1.82, 2.24) is 9.97 Å². The van der Waals surface area contributed by atoms with Crippen molar-refractivity contribution in [3.63, 3.8) is 0 Å². The number of anilines is 1. The number of amides is 1. The Hall–Kier alpha value is -2.64. The van der Waals surface area contributed by atoms with E-state index in [9.17, 15) is 9.90 Å². The van der Waals surface area contributed by atoms with Crippen LogP contribution in [0.3, 0.4) is 0 Å². The van der Waals surface area contributed by atoms with Gasteiger partial charge in [-0.1, -0.05) is 30.3 Å². The van der Waals surface area contributed by atoms with Crippen LogP contribution in [0.15, 0.2) is 53.5 Å². The van der Waals surface area contributed by atoms with Crippen LogP contribution in [-0.2, 0) is 10.4 Å². The van der Waals surface area contributed by atoms with E-state index in [0.717, 1.165) is 22.6 Å². The number of fused-ring (bicyclic) bond motifs is 1. The van der Waals surface area contributed by atoms with Crippen LogP contribution < -0.4 is 5.32 Å². The molecule has 1 amide bonds. The molecule has 132 valence electrons. The highest BCUT2D eigenvalue weighted by molar-refractivity contribution is 8.12. The summed E-state index contributed by atoms with van der Waals surface area (Å²) in [5.41, 5.74) is 3.00. The number of aromatic nitrogens is 2. The van der Waals surface area contributed by atoms with Crippen LogP contribution in [-0.4, -0.2) is 32.3 Å². The Labute approximate surface area is 154 Å². The van der Waals surface area contributed by atoms with Crippen LogP contribution >= 0.6 is 11.8 Å². The Balaban J connectivity index is 1.57. The summed E-state index contributed by atoms with van der Waals surface area (Å²) in [5.74, 6) is 1.21. The fourth-order valence-electron chi connectivity index (χ4n) is 2.85. The van der Waals surface area contributed by atoms with Gasteiger partial charge in [0.25, 0.3) is 5.91 Å². The summed E-state index contributed by atoms with van der Waals surface area (Å²) in [7, 11) is 0. The molecule has 0 bridgehead atoms. The molecule has 1 aromatic heterocycles. The van der Waals surface area contributed by atoms with Gasteiger partial charge < -0.3 is 15.4 Å². The Morgan fingerprint density at radius 1 is 1.31 bits per heavy atom. The number of aliphatic imine (C=N–C) groups is 1. The summed E-state index contributed by atoms with van der Waals surface area (Å²) in [6.45, 7) is 1.49. The lowest BCUT2D eigenvalue weighted by molar-refractivity contribution is -0.133. The predicted octanol–water partition coefficient (Wildman–Crippen LogP) is 3.23. The number of aliphatic hydroxyl groups is 1. The molecule has 3 aromatic rings. The average molecular weight is 366 g/mol. The number of rotatable bonds is 4. The molecule has 4 rings (SSSR count). The molecule has 7 heteroatoms. The molecule has 26 heavy (non-hydrogen) atoms.